The topological polar surface area (TPSA) is 69.6 Å². The molecule has 0 aliphatic carbocycles. The first-order chi connectivity index (χ1) is 32.7. The van der Waals surface area contributed by atoms with Crippen LogP contribution in [0.4, 0.5) is 0 Å². The second-order valence-corrected chi connectivity index (χ2v) is 18.3. The molecule has 0 heterocycles. The van der Waals surface area contributed by atoms with Crippen LogP contribution >= 0.6 is 0 Å². The van der Waals surface area contributed by atoms with Gasteiger partial charge in [0.1, 0.15) is 0 Å². The van der Waals surface area contributed by atoms with Crippen LogP contribution in [0.15, 0.2) is 122 Å². The molecule has 2 unspecified atom stereocenters. The van der Waals surface area contributed by atoms with Crippen molar-refractivity contribution < 1.29 is 15.0 Å². The van der Waals surface area contributed by atoms with E-state index in [1.807, 2.05) is 6.08 Å². The number of allylic oxidation sites excluding steroid dienone is 19. The Morgan fingerprint density at radius 2 is 0.682 bits per heavy atom. The highest BCUT2D eigenvalue weighted by atomic mass is 16.3. The summed E-state index contributed by atoms with van der Waals surface area (Å²) in [5.74, 6) is -0.0778. The number of nitrogens with one attached hydrogen (secondary N) is 1. The molecule has 0 aromatic rings. The van der Waals surface area contributed by atoms with Gasteiger partial charge in [-0.25, -0.2) is 0 Å². The monoisotopic (exact) mass is 912 g/mol. The third-order valence-electron chi connectivity index (χ3n) is 11.9. The minimum absolute atomic E-state index is 0.0778. The van der Waals surface area contributed by atoms with E-state index in [4.69, 9.17) is 0 Å². The molecule has 0 spiro atoms. The molecule has 0 rings (SSSR count). The number of aliphatic hydroxyl groups is 2. The first-order valence-corrected chi connectivity index (χ1v) is 27.7. The molecule has 0 fully saturated rings. The molecular formula is C62H105NO3. The van der Waals surface area contributed by atoms with Crippen molar-refractivity contribution >= 4 is 5.91 Å². The molecule has 0 saturated heterocycles. The Hall–Kier alpha value is -3.21. The normalized spacial score (nSPS) is 13.8. The van der Waals surface area contributed by atoms with E-state index in [9.17, 15) is 15.0 Å². The zero-order valence-corrected chi connectivity index (χ0v) is 43.2. The summed E-state index contributed by atoms with van der Waals surface area (Å²) in [6.07, 6.45) is 86.4. The lowest BCUT2D eigenvalue weighted by Gasteiger charge is -2.19. The molecule has 0 aliphatic heterocycles. The maximum atomic E-state index is 12.4. The third-order valence-corrected chi connectivity index (χ3v) is 11.9. The Labute approximate surface area is 409 Å². The lowest BCUT2D eigenvalue weighted by atomic mass is 10.0. The van der Waals surface area contributed by atoms with Crippen molar-refractivity contribution in [1.29, 1.82) is 0 Å². The molecule has 0 aliphatic rings. The van der Waals surface area contributed by atoms with Gasteiger partial charge >= 0.3 is 0 Å². The lowest BCUT2D eigenvalue weighted by molar-refractivity contribution is -0.123. The summed E-state index contributed by atoms with van der Waals surface area (Å²) in [6.45, 7) is 4.16. The van der Waals surface area contributed by atoms with Crippen LogP contribution in [0.25, 0.3) is 0 Å². The number of hydrogen-bond donors (Lipinski definition) is 3. The standard InChI is InChI=1S/C62H105NO3/c1-3-5-7-9-11-13-15-17-18-19-20-21-22-23-24-25-26-27-28-29-30-31-32-33-34-35-36-37-38-39-40-41-42-43-44-46-48-50-52-54-56-58-62(66)63-60(59-64)61(65)57-55-53-51-49-47-45-16-14-12-10-8-6-4-2/h5,7,11,13,17-18,20-21,23-24,26-27,29-30,32-33,47,49,55,57,60-61,64-65H,3-4,6,8-10,12,14-16,19,22,25,28,31,34-46,48,50-54,56,58-59H2,1-2H3,(H,63,66)/b7-5-,13-11-,18-17-,21-20-,24-23-,27-26-,30-29-,33-32-,49-47+,57-55+. The zero-order valence-electron chi connectivity index (χ0n) is 43.2. The van der Waals surface area contributed by atoms with E-state index in [1.54, 1.807) is 6.08 Å². The lowest BCUT2D eigenvalue weighted by Crippen LogP contribution is -2.45. The van der Waals surface area contributed by atoms with Gasteiger partial charge in [-0.2, -0.15) is 0 Å². The fourth-order valence-corrected chi connectivity index (χ4v) is 7.74. The van der Waals surface area contributed by atoms with Gasteiger partial charge in [0.2, 0.25) is 5.91 Å². The van der Waals surface area contributed by atoms with Crippen LogP contribution in [-0.4, -0.2) is 34.9 Å². The number of carbonyl (C=O) groups is 1. The largest absolute Gasteiger partial charge is 0.394 e. The van der Waals surface area contributed by atoms with Crippen molar-refractivity contribution in [3.05, 3.63) is 122 Å². The zero-order chi connectivity index (χ0) is 47.7. The van der Waals surface area contributed by atoms with Crippen LogP contribution < -0.4 is 5.32 Å². The first kappa shape index (κ1) is 62.8. The molecule has 0 aromatic carbocycles. The Balaban J connectivity index is 3.54. The van der Waals surface area contributed by atoms with E-state index in [-0.39, 0.29) is 12.5 Å². The summed E-state index contributed by atoms with van der Waals surface area (Å²) >= 11 is 0. The summed E-state index contributed by atoms with van der Waals surface area (Å²) in [5, 5.41) is 23.0. The molecule has 0 bridgehead atoms. The van der Waals surface area contributed by atoms with E-state index in [0.717, 1.165) is 83.5 Å². The van der Waals surface area contributed by atoms with Gasteiger partial charge in [-0.05, 0) is 96.3 Å². The second-order valence-electron chi connectivity index (χ2n) is 18.3. The summed E-state index contributed by atoms with van der Waals surface area (Å²) in [4.78, 5) is 12.4. The third kappa shape index (κ3) is 51.8. The van der Waals surface area contributed by atoms with E-state index < -0.39 is 12.1 Å². The van der Waals surface area contributed by atoms with Crippen molar-refractivity contribution in [2.24, 2.45) is 0 Å². The van der Waals surface area contributed by atoms with E-state index in [1.165, 1.54) is 141 Å². The van der Waals surface area contributed by atoms with Gasteiger partial charge in [-0.1, -0.05) is 264 Å². The van der Waals surface area contributed by atoms with Gasteiger partial charge in [0.05, 0.1) is 18.8 Å². The molecule has 66 heavy (non-hydrogen) atoms. The molecule has 0 aromatic heterocycles. The van der Waals surface area contributed by atoms with Crippen molar-refractivity contribution in [3.63, 3.8) is 0 Å². The van der Waals surface area contributed by atoms with E-state index in [2.05, 4.69) is 129 Å². The van der Waals surface area contributed by atoms with Crippen molar-refractivity contribution in [1.82, 2.24) is 5.32 Å². The summed E-state index contributed by atoms with van der Waals surface area (Å²) in [6, 6.07) is -0.643. The summed E-state index contributed by atoms with van der Waals surface area (Å²) in [5.41, 5.74) is 0. The Bertz CT molecular complexity index is 1310. The highest BCUT2D eigenvalue weighted by Gasteiger charge is 2.17. The van der Waals surface area contributed by atoms with Gasteiger partial charge in [-0.15, -0.1) is 0 Å². The van der Waals surface area contributed by atoms with E-state index in [0.29, 0.717) is 6.42 Å². The van der Waals surface area contributed by atoms with Gasteiger partial charge in [0.25, 0.3) is 0 Å². The van der Waals surface area contributed by atoms with E-state index >= 15 is 0 Å². The van der Waals surface area contributed by atoms with Crippen LogP contribution in [0.3, 0.4) is 0 Å². The molecule has 4 nitrogen and oxygen atoms in total. The maximum absolute atomic E-state index is 12.4. The predicted molar refractivity (Wildman–Crippen MR) is 294 cm³/mol. The Morgan fingerprint density at radius 1 is 0.379 bits per heavy atom. The number of hydrogen-bond acceptors (Lipinski definition) is 3. The number of amides is 1. The summed E-state index contributed by atoms with van der Waals surface area (Å²) in [7, 11) is 0. The minimum atomic E-state index is -0.866. The van der Waals surface area contributed by atoms with Gasteiger partial charge < -0.3 is 15.5 Å². The van der Waals surface area contributed by atoms with Crippen LogP contribution in [0, 0.1) is 0 Å². The Morgan fingerprint density at radius 3 is 1.06 bits per heavy atom. The molecule has 1 amide bonds. The molecule has 3 N–H and O–H groups in total. The van der Waals surface area contributed by atoms with Crippen molar-refractivity contribution in [2.45, 2.75) is 257 Å². The minimum Gasteiger partial charge on any atom is -0.394 e. The number of carbonyl (C=O) groups excluding carboxylic acids is 1. The number of rotatable bonds is 49. The highest BCUT2D eigenvalue weighted by Crippen LogP contribution is 2.15. The van der Waals surface area contributed by atoms with Crippen LogP contribution in [0.1, 0.15) is 245 Å². The molecule has 4 heteroatoms. The molecule has 376 valence electrons. The average Bonchev–Trinajstić information content (AvgIpc) is 3.32. The van der Waals surface area contributed by atoms with Crippen LogP contribution in [0.5, 0.6) is 0 Å². The number of unbranched alkanes of at least 4 members (excludes halogenated alkanes) is 24. The first-order valence-electron chi connectivity index (χ1n) is 27.7. The quantitative estimate of drug-likeness (QED) is 0.0421. The Kier molecular flexibility index (Phi) is 53.4. The fourth-order valence-electron chi connectivity index (χ4n) is 7.74. The SMILES string of the molecule is CC/C=C\C/C=C\C/C=C\C/C=C\C/C=C\C/C=C\C/C=C\C/C=C\CCCCCCCCCCCCCCCCCCC(=O)NC(CO)C(O)/C=C/CC/C=C/CCCCCCCCC. The molecule has 0 saturated carbocycles. The van der Waals surface area contributed by atoms with Gasteiger partial charge in [-0.3, -0.25) is 4.79 Å². The highest BCUT2D eigenvalue weighted by molar-refractivity contribution is 5.76. The van der Waals surface area contributed by atoms with Crippen molar-refractivity contribution in [2.75, 3.05) is 6.61 Å². The smallest absolute Gasteiger partial charge is 0.220 e. The average molecular weight is 913 g/mol. The molecular weight excluding hydrogens is 807 g/mol. The van der Waals surface area contributed by atoms with Crippen LogP contribution in [-0.2, 0) is 4.79 Å². The molecule has 0 radical (unpaired) electrons. The predicted octanol–water partition coefficient (Wildman–Crippen LogP) is 18.5. The second kappa shape index (κ2) is 56.1. The maximum Gasteiger partial charge on any atom is 0.220 e. The molecule has 2 atom stereocenters. The van der Waals surface area contributed by atoms with Gasteiger partial charge in [0, 0.05) is 6.42 Å². The number of aliphatic hydroxyl groups excluding tert-OH is 2. The van der Waals surface area contributed by atoms with Gasteiger partial charge in [0.15, 0.2) is 0 Å². The van der Waals surface area contributed by atoms with Crippen molar-refractivity contribution in [3.8, 4) is 0 Å². The fraction of sp³-hybridized carbons (Fsp3) is 0.661. The summed E-state index contributed by atoms with van der Waals surface area (Å²) < 4.78 is 0. The van der Waals surface area contributed by atoms with Crippen LogP contribution in [0.2, 0.25) is 0 Å².